The highest BCUT2D eigenvalue weighted by Crippen LogP contribution is 2.15. The van der Waals surface area contributed by atoms with Crippen LogP contribution in [-0.4, -0.2) is 61.1 Å². The van der Waals surface area contributed by atoms with E-state index in [0.29, 0.717) is 13.2 Å². The molecule has 0 radical (unpaired) electrons. The second-order valence-corrected chi connectivity index (χ2v) is 5.46. The Hall–Kier alpha value is -1.60. The van der Waals surface area contributed by atoms with Crippen LogP contribution in [0.2, 0.25) is 0 Å². The number of carbonyl (C=O) groups is 1. The largest absolute Gasteiger partial charge is 0.385 e. The first-order valence-electron chi connectivity index (χ1n) is 7.12. The minimum atomic E-state index is -0.158. The Bertz CT molecular complexity index is 433. The molecule has 1 heterocycles. The average molecular weight is 297 g/mol. The Labute approximate surface area is 126 Å². The van der Waals surface area contributed by atoms with Crippen molar-refractivity contribution >= 4 is 6.03 Å². The van der Waals surface area contributed by atoms with Crippen molar-refractivity contribution in [2.75, 3.05) is 34.4 Å². The number of ether oxygens (including phenoxy) is 1. The molecule has 1 aromatic rings. The maximum absolute atomic E-state index is 11.9. The van der Waals surface area contributed by atoms with Crippen LogP contribution in [0.1, 0.15) is 24.9 Å². The summed E-state index contributed by atoms with van der Waals surface area (Å²) in [5.74, 6) is 0. The van der Waals surface area contributed by atoms with Crippen LogP contribution in [-0.2, 0) is 11.8 Å². The molecule has 0 aromatic carbocycles. The molecule has 0 aliphatic rings. The number of likely N-dealkylation sites (N-methyl/N-ethyl adjacent to an activating group) is 1. The summed E-state index contributed by atoms with van der Waals surface area (Å²) >= 11 is 0. The molecular weight excluding hydrogens is 270 g/mol. The molecule has 120 valence electrons. The summed E-state index contributed by atoms with van der Waals surface area (Å²) < 4.78 is 6.76. The quantitative estimate of drug-likeness (QED) is 0.743. The fourth-order valence-corrected chi connectivity index (χ4v) is 2.04. The van der Waals surface area contributed by atoms with E-state index in [-0.39, 0.29) is 18.1 Å². The van der Waals surface area contributed by atoms with E-state index in [1.54, 1.807) is 11.8 Å². The maximum Gasteiger partial charge on any atom is 0.315 e. The van der Waals surface area contributed by atoms with Crippen LogP contribution in [0.25, 0.3) is 0 Å². The Morgan fingerprint density at radius 1 is 1.52 bits per heavy atom. The van der Waals surface area contributed by atoms with E-state index < -0.39 is 0 Å². The summed E-state index contributed by atoms with van der Waals surface area (Å²) in [6, 6.07) is 0.0224. The standard InChI is InChI=1S/C14H27N5O2/c1-11(6-7-21-5)17-14(20)15-9-13(18(2)3)12-8-16-19(4)10-12/h8,10-11,13H,6-7,9H2,1-5H3,(H2,15,17,20)/t11-,13+/m1/s1. The monoisotopic (exact) mass is 297 g/mol. The number of nitrogens with zero attached hydrogens (tertiary/aromatic N) is 3. The zero-order valence-corrected chi connectivity index (χ0v) is 13.6. The third-order valence-electron chi connectivity index (χ3n) is 3.32. The number of carbonyl (C=O) groups excluding carboxylic acids is 1. The molecule has 0 fully saturated rings. The molecule has 0 spiro atoms. The number of amides is 2. The number of hydrogen-bond acceptors (Lipinski definition) is 4. The fourth-order valence-electron chi connectivity index (χ4n) is 2.04. The van der Waals surface area contributed by atoms with Gasteiger partial charge in [0.25, 0.3) is 0 Å². The molecule has 2 N–H and O–H groups in total. The van der Waals surface area contributed by atoms with Crippen molar-refractivity contribution in [1.29, 1.82) is 0 Å². The van der Waals surface area contributed by atoms with Crippen LogP contribution in [0.5, 0.6) is 0 Å². The summed E-state index contributed by atoms with van der Waals surface area (Å²) in [6.07, 6.45) is 4.58. The highest BCUT2D eigenvalue weighted by Gasteiger charge is 2.17. The molecule has 0 saturated heterocycles. The Balaban J connectivity index is 2.45. The first-order chi connectivity index (χ1) is 9.93. The van der Waals surface area contributed by atoms with Crippen LogP contribution in [0.4, 0.5) is 4.79 Å². The second kappa shape index (κ2) is 8.63. The minimum absolute atomic E-state index is 0.0844. The maximum atomic E-state index is 11.9. The first kappa shape index (κ1) is 17.5. The molecule has 0 aliphatic carbocycles. The molecule has 21 heavy (non-hydrogen) atoms. The molecule has 7 nitrogen and oxygen atoms in total. The van der Waals surface area contributed by atoms with Crippen LogP contribution in [0.15, 0.2) is 12.4 Å². The molecule has 0 saturated carbocycles. The lowest BCUT2D eigenvalue weighted by Gasteiger charge is -2.24. The summed E-state index contributed by atoms with van der Waals surface area (Å²) in [5.41, 5.74) is 1.08. The van der Waals surface area contributed by atoms with E-state index in [2.05, 4.69) is 20.6 Å². The summed E-state index contributed by atoms with van der Waals surface area (Å²) in [7, 11) is 7.51. The topological polar surface area (TPSA) is 71.4 Å². The highest BCUT2D eigenvalue weighted by molar-refractivity contribution is 5.74. The molecular formula is C14H27N5O2. The number of aryl methyl sites for hydroxylation is 1. The van der Waals surface area contributed by atoms with Crippen LogP contribution in [0, 0.1) is 0 Å². The number of rotatable bonds is 8. The van der Waals surface area contributed by atoms with Crippen molar-refractivity contribution in [1.82, 2.24) is 25.3 Å². The van der Waals surface area contributed by atoms with Crippen LogP contribution in [0.3, 0.4) is 0 Å². The third-order valence-corrected chi connectivity index (χ3v) is 3.32. The van der Waals surface area contributed by atoms with Gasteiger partial charge in [0, 0.05) is 45.1 Å². The summed E-state index contributed by atoms with van der Waals surface area (Å²) in [5, 5.41) is 9.98. The van der Waals surface area contributed by atoms with Gasteiger partial charge >= 0.3 is 6.03 Å². The van der Waals surface area contributed by atoms with Gasteiger partial charge in [0.15, 0.2) is 0 Å². The van der Waals surface area contributed by atoms with Gasteiger partial charge in [0.2, 0.25) is 0 Å². The Morgan fingerprint density at radius 3 is 2.76 bits per heavy atom. The predicted molar refractivity (Wildman–Crippen MR) is 82.1 cm³/mol. The lowest BCUT2D eigenvalue weighted by atomic mass is 10.1. The average Bonchev–Trinajstić information content (AvgIpc) is 2.82. The van der Waals surface area contributed by atoms with E-state index in [0.717, 1.165) is 12.0 Å². The van der Waals surface area contributed by atoms with Gasteiger partial charge in [-0.3, -0.25) is 4.68 Å². The van der Waals surface area contributed by atoms with Gasteiger partial charge in [-0.15, -0.1) is 0 Å². The van der Waals surface area contributed by atoms with Crippen molar-refractivity contribution in [3.8, 4) is 0 Å². The van der Waals surface area contributed by atoms with Crippen molar-refractivity contribution in [2.45, 2.75) is 25.4 Å². The van der Waals surface area contributed by atoms with Crippen molar-refractivity contribution in [2.24, 2.45) is 7.05 Å². The number of hydrogen-bond donors (Lipinski definition) is 2. The van der Waals surface area contributed by atoms with Crippen molar-refractivity contribution in [3.63, 3.8) is 0 Å². The fraction of sp³-hybridized carbons (Fsp3) is 0.714. The zero-order valence-electron chi connectivity index (χ0n) is 13.6. The van der Waals surface area contributed by atoms with E-state index >= 15 is 0 Å². The molecule has 2 atom stereocenters. The number of aromatic nitrogens is 2. The first-order valence-corrected chi connectivity index (χ1v) is 7.12. The van der Waals surface area contributed by atoms with Gasteiger partial charge in [-0.05, 0) is 27.4 Å². The summed E-state index contributed by atoms with van der Waals surface area (Å²) in [4.78, 5) is 13.9. The predicted octanol–water partition coefficient (Wildman–Crippen LogP) is 0.747. The van der Waals surface area contributed by atoms with Crippen molar-refractivity contribution < 1.29 is 9.53 Å². The molecule has 7 heteroatoms. The molecule has 0 bridgehead atoms. The van der Waals surface area contributed by atoms with Crippen LogP contribution >= 0.6 is 0 Å². The van der Waals surface area contributed by atoms with Crippen LogP contribution < -0.4 is 10.6 Å². The Kier molecular flexibility index (Phi) is 7.18. The molecule has 0 aliphatic heterocycles. The van der Waals surface area contributed by atoms with Gasteiger partial charge < -0.3 is 20.3 Å². The zero-order chi connectivity index (χ0) is 15.8. The summed E-state index contributed by atoms with van der Waals surface area (Å²) in [6.45, 7) is 3.13. The molecule has 2 amide bonds. The lowest BCUT2D eigenvalue weighted by Crippen LogP contribution is -2.44. The minimum Gasteiger partial charge on any atom is -0.385 e. The van der Waals surface area contributed by atoms with Gasteiger partial charge in [-0.2, -0.15) is 5.10 Å². The van der Waals surface area contributed by atoms with E-state index in [1.165, 1.54) is 0 Å². The SMILES string of the molecule is COCC[C@@H](C)NC(=O)NC[C@@H](c1cnn(C)c1)N(C)C. The van der Waals surface area contributed by atoms with Gasteiger partial charge in [0.05, 0.1) is 12.2 Å². The Morgan fingerprint density at radius 2 is 2.24 bits per heavy atom. The smallest absolute Gasteiger partial charge is 0.315 e. The molecule has 0 unspecified atom stereocenters. The van der Waals surface area contributed by atoms with Gasteiger partial charge in [0.1, 0.15) is 0 Å². The second-order valence-electron chi connectivity index (χ2n) is 5.46. The normalized spacial score (nSPS) is 14.0. The number of nitrogens with one attached hydrogen (secondary N) is 2. The van der Waals surface area contributed by atoms with Gasteiger partial charge in [-0.25, -0.2) is 4.79 Å². The molecule has 1 rings (SSSR count). The number of urea groups is 1. The van der Waals surface area contributed by atoms with E-state index in [9.17, 15) is 4.79 Å². The highest BCUT2D eigenvalue weighted by atomic mass is 16.5. The number of methoxy groups -OCH3 is 1. The van der Waals surface area contributed by atoms with E-state index in [1.807, 2.05) is 40.5 Å². The molecule has 1 aromatic heterocycles. The van der Waals surface area contributed by atoms with E-state index in [4.69, 9.17) is 4.74 Å². The third kappa shape index (κ3) is 6.14. The lowest BCUT2D eigenvalue weighted by molar-refractivity contribution is 0.183. The van der Waals surface area contributed by atoms with Crippen molar-refractivity contribution in [3.05, 3.63) is 18.0 Å². The van der Waals surface area contributed by atoms with Gasteiger partial charge in [-0.1, -0.05) is 0 Å².